The van der Waals surface area contributed by atoms with E-state index >= 15 is 0 Å². The van der Waals surface area contributed by atoms with Gasteiger partial charge in [-0.05, 0) is 55.3 Å². The average Bonchev–Trinajstić information content (AvgIpc) is 2.42. The van der Waals surface area contributed by atoms with Crippen molar-refractivity contribution in [1.82, 2.24) is 5.32 Å². The first-order chi connectivity index (χ1) is 9.60. The molecule has 0 aliphatic rings. The molecule has 0 radical (unpaired) electrons. The number of benzene rings is 2. The molecule has 0 bridgehead atoms. The standard InChI is InChI=1S/C17H20BrNS/c1-4-19-11-14-7-8-15(18)10-17(14)20-16-9-12(2)5-6-13(16)3/h5-10,19H,4,11H2,1-3H3. The van der Waals surface area contributed by atoms with Gasteiger partial charge < -0.3 is 5.32 Å². The van der Waals surface area contributed by atoms with Gasteiger partial charge in [0.05, 0.1) is 0 Å². The molecule has 0 heterocycles. The average molecular weight is 350 g/mol. The van der Waals surface area contributed by atoms with Gasteiger partial charge in [-0.1, -0.05) is 52.8 Å². The van der Waals surface area contributed by atoms with Crippen LogP contribution in [0, 0.1) is 13.8 Å². The highest BCUT2D eigenvalue weighted by molar-refractivity contribution is 9.10. The normalized spacial score (nSPS) is 10.8. The second-order valence-electron chi connectivity index (χ2n) is 4.90. The molecule has 2 aromatic rings. The zero-order valence-electron chi connectivity index (χ0n) is 12.2. The van der Waals surface area contributed by atoms with E-state index in [1.54, 1.807) is 0 Å². The summed E-state index contributed by atoms with van der Waals surface area (Å²) in [7, 11) is 0. The summed E-state index contributed by atoms with van der Waals surface area (Å²) in [6.45, 7) is 8.35. The third-order valence-corrected chi connectivity index (χ3v) is 4.91. The maximum atomic E-state index is 3.58. The fraction of sp³-hybridized carbons (Fsp3) is 0.294. The molecule has 1 N–H and O–H groups in total. The predicted molar refractivity (Wildman–Crippen MR) is 91.6 cm³/mol. The second-order valence-corrected chi connectivity index (χ2v) is 6.90. The summed E-state index contributed by atoms with van der Waals surface area (Å²) in [4.78, 5) is 2.65. The van der Waals surface area contributed by atoms with Crippen molar-refractivity contribution in [2.75, 3.05) is 6.54 Å². The Kier molecular flexibility index (Phi) is 5.70. The minimum atomic E-state index is 0.914. The van der Waals surface area contributed by atoms with Gasteiger partial charge in [-0.3, -0.25) is 0 Å². The fourth-order valence-electron chi connectivity index (χ4n) is 1.96. The van der Waals surface area contributed by atoms with Crippen LogP contribution in [0.4, 0.5) is 0 Å². The third-order valence-electron chi connectivity index (χ3n) is 3.16. The van der Waals surface area contributed by atoms with Crippen molar-refractivity contribution in [2.45, 2.75) is 37.1 Å². The number of hydrogen-bond donors (Lipinski definition) is 1. The Balaban J connectivity index is 2.31. The summed E-state index contributed by atoms with van der Waals surface area (Å²) >= 11 is 5.43. The van der Waals surface area contributed by atoms with Crippen molar-refractivity contribution in [3.63, 3.8) is 0 Å². The quantitative estimate of drug-likeness (QED) is 0.783. The lowest BCUT2D eigenvalue weighted by Crippen LogP contribution is -2.12. The van der Waals surface area contributed by atoms with Crippen molar-refractivity contribution < 1.29 is 0 Å². The van der Waals surface area contributed by atoms with Gasteiger partial charge in [-0.2, -0.15) is 0 Å². The van der Waals surface area contributed by atoms with Crippen LogP contribution in [-0.2, 0) is 6.54 Å². The highest BCUT2D eigenvalue weighted by Crippen LogP contribution is 2.34. The summed E-state index contributed by atoms with van der Waals surface area (Å²) in [5, 5.41) is 3.41. The number of hydrogen-bond acceptors (Lipinski definition) is 2. The van der Waals surface area contributed by atoms with Crippen LogP contribution in [0.2, 0.25) is 0 Å². The van der Waals surface area contributed by atoms with Gasteiger partial charge in [0.1, 0.15) is 0 Å². The zero-order valence-corrected chi connectivity index (χ0v) is 14.6. The molecule has 2 rings (SSSR count). The number of rotatable bonds is 5. The van der Waals surface area contributed by atoms with Crippen molar-refractivity contribution in [3.8, 4) is 0 Å². The highest BCUT2D eigenvalue weighted by Gasteiger charge is 2.07. The van der Waals surface area contributed by atoms with Crippen LogP contribution in [-0.4, -0.2) is 6.54 Å². The van der Waals surface area contributed by atoms with Crippen molar-refractivity contribution in [3.05, 3.63) is 57.6 Å². The highest BCUT2D eigenvalue weighted by atomic mass is 79.9. The zero-order chi connectivity index (χ0) is 14.5. The van der Waals surface area contributed by atoms with Crippen LogP contribution in [0.1, 0.15) is 23.6 Å². The largest absolute Gasteiger partial charge is 0.313 e. The SMILES string of the molecule is CCNCc1ccc(Br)cc1Sc1cc(C)ccc1C. The Morgan fingerprint density at radius 2 is 1.85 bits per heavy atom. The summed E-state index contributed by atoms with van der Waals surface area (Å²) in [6, 6.07) is 13.1. The number of nitrogens with one attached hydrogen (secondary N) is 1. The van der Waals surface area contributed by atoms with Gasteiger partial charge in [-0.25, -0.2) is 0 Å². The van der Waals surface area contributed by atoms with Crippen LogP contribution in [0.3, 0.4) is 0 Å². The maximum Gasteiger partial charge on any atom is 0.0216 e. The lowest BCUT2D eigenvalue weighted by molar-refractivity contribution is 0.718. The van der Waals surface area contributed by atoms with Crippen LogP contribution >= 0.6 is 27.7 Å². The third kappa shape index (κ3) is 4.11. The van der Waals surface area contributed by atoms with E-state index < -0.39 is 0 Å². The molecule has 0 aliphatic heterocycles. The van der Waals surface area contributed by atoms with Crippen molar-refractivity contribution in [2.24, 2.45) is 0 Å². The monoisotopic (exact) mass is 349 g/mol. The molecule has 0 aliphatic carbocycles. The van der Waals surface area contributed by atoms with E-state index in [-0.39, 0.29) is 0 Å². The Hall–Kier alpha value is -0.770. The van der Waals surface area contributed by atoms with E-state index in [0.717, 1.165) is 17.6 Å². The summed E-state index contributed by atoms with van der Waals surface area (Å²) < 4.78 is 1.13. The molecule has 0 fully saturated rings. The van der Waals surface area contributed by atoms with Gasteiger partial charge >= 0.3 is 0 Å². The molecule has 0 saturated heterocycles. The maximum absolute atomic E-state index is 3.58. The summed E-state index contributed by atoms with van der Waals surface area (Å²) in [5.74, 6) is 0. The van der Waals surface area contributed by atoms with Gasteiger partial charge in [0, 0.05) is 20.8 Å². The smallest absolute Gasteiger partial charge is 0.0216 e. The topological polar surface area (TPSA) is 12.0 Å². The molecular weight excluding hydrogens is 330 g/mol. The first kappa shape index (κ1) is 15.6. The second kappa shape index (κ2) is 7.30. The Morgan fingerprint density at radius 1 is 1.05 bits per heavy atom. The number of aryl methyl sites for hydroxylation is 2. The predicted octanol–water partition coefficient (Wildman–Crippen LogP) is 5.33. The summed E-state index contributed by atoms with van der Waals surface area (Å²) in [6.07, 6.45) is 0. The molecular formula is C17H20BrNS. The Morgan fingerprint density at radius 3 is 2.60 bits per heavy atom. The first-order valence-corrected chi connectivity index (χ1v) is 8.45. The Labute approximate surface area is 134 Å². The molecule has 0 aromatic heterocycles. The Bertz CT molecular complexity index is 596. The lowest BCUT2D eigenvalue weighted by Gasteiger charge is -2.12. The van der Waals surface area contributed by atoms with E-state index in [1.807, 2.05) is 11.8 Å². The van der Waals surface area contributed by atoms with Gasteiger partial charge in [0.25, 0.3) is 0 Å². The van der Waals surface area contributed by atoms with E-state index in [9.17, 15) is 0 Å². The molecule has 0 atom stereocenters. The molecule has 20 heavy (non-hydrogen) atoms. The lowest BCUT2D eigenvalue weighted by atomic mass is 10.2. The minimum absolute atomic E-state index is 0.914. The van der Waals surface area contributed by atoms with Gasteiger partial charge in [-0.15, -0.1) is 0 Å². The van der Waals surface area contributed by atoms with E-state index in [4.69, 9.17) is 0 Å². The van der Waals surface area contributed by atoms with Gasteiger partial charge in [0.15, 0.2) is 0 Å². The molecule has 106 valence electrons. The molecule has 0 amide bonds. The molecule has 0 saturated carbocycles. The van der Waals surface area contributed by atoms with Crippen LogP contribution < -0.4 is 5.32 Å². The molecule has 0 spiro atoms. The molecule has 3 heteroatoms. The fourth-order valence-corrected chi connectivity index (χ4v) is 3.65. The van der Waals surface area contributed by atoms with Crippen LogP contribution in [0.15, 0.2) is 50.7 Å². The molecule has 0 unspecified atom stereocenters. The van der Waals surface area contributed by atoms with Crippen molar-refractivity contribution >= 4 is 27.7 Å². The first-order valence-electron chi connectivity index (χ1n) is 6.84. The van der Waals surface area contributed by atoms with Crippen LogP contribution in [0.25, 0.3) is 0 Å². The summed E-state index contributed by atoms with van der Waals surface area (Å²) in [5.41, 5.74) is 3.98. The van der Waals surface area contributed by atoms with E-state index in [1.165, 1.54) is 26.5 Å². The minimum Gasteiger partial charge on any atom is -0.313 e. The van der Waals surface area contributed by atoms with E-state index in [0.29, 0.717) is 0 Å². The molecule has 1 nitrogen and oxygen atoms in total. The van der Waals surface area contributed by atoms with Gasteiger partial charge in [0.2, 0.25) is 0 Å². The van der Waals surface area contributed by atoms with Crippen LogP contribution in [0.5, 0.6) is 0 Å². The van der Waals surface area contributed by atoms with Crippen molar-refractivity contribution in [1.29, 1.82) is 0 Å². The van der Waals surface area contributed by atoms with E-state index in [2.05, 4.69) is 78.4 Å². The molecule has 2 aromatic carbocycles. The number of halogens is 1.